The lowest BCUT2D eigenvalue weighted by atomic mass is 10.2. The second kappa shape index (κ2) is 7.79. The van der Waals surface area contributed by atoms with Crippen molar-refractivity contribution in [3.05, 3.63) is 64.6 Å². The van der Waals surface area contributed by atoms with E-state index in [-0.39, 0.29) is 23.8 Å². The molecule has 2 aromatic rings. The first-order chi connectivity index (χ1) is 12.1. The molecule has 1 saturated heterocycles. The van der Waals surface area contributed by atoms with Gasteiger partial charge in [0.15, 0.2) is 0 Å². The van der Waals surface area contributed by atoms with Gasteiger partial charge in [0.2, 0.25) is 5.91 Å². The highest BCUT2D eigenvalue weighted by molar-refractivity contribution is 5.96. The maximum Gasteiger partial charge on any atom is 0.253 e. The normalized spacial score (nSPS) is 13.7. The third-order valence-electron chi connectivity index (χ3n) is 4.29. The van der Waals surface area contributed by atoms with E-state index in [9.17, 15) is 14.4 Å². The Labute approximate surface area is 146 Å². The van der Waals surface area contributed by atoms with E-state index in [1.807, 2.05) is 4.90 Å². The SMILES string of the molecule is O=C(CCn1ccccc1=O)Nc1ccc(C(=O)N2CCCC2)cc1. The molecule has 6 heteroatoms. The number of aromatic nitrogens is 1. The quantitative estimate of drug-likeness (QED) is 0.907. The van der Waals surface area contributed by atoms with Crippen molar-refractivity contribution in [1.82, 2.24) is 9.47 Å². The molecule has 2 heterocycles. The minimum absolute atomic E-state index is 0.0406. The fraction of sp³-hybridized carbons (Fsp3) is 0.316. The van der Waals surface area contributed by atoms with Crippen LogP contribution in [0.25, 0.3) is 0 Å². The van der Waals surface area contributed by atoms with Crippen molar-refractivity contribution in [3.63, 3.8) is 0 Å². The standard InChI is InChI=1S/C19H21N3O3/c23-17(10-14-21-11-2-1-5-18(21)24)20-16-8-6-15(7-9-16)19(25)22-12-3-4-13-22/h1-2,5-9,11H,3-4,10,12-14H2,(H,20,23). The van der Waals surface area contributed by atoms with Gasteiger partial charge in [0.1, 0.15) is 0 Å². The second-order valence-corrected chi connectivity index (χ2v) is 6.11. The van der Waals surface area contributed by atoms with Crippen molar-refractivity contribution in [3.8, 4) is 0 Å². The number of nitrogens with zero attached hydrogens (tertiary/aromatic N) is 2. The van der Waals surface area contributed by atoms with Gasteiger partial charge in [-0.25, -0.2) is 0 Å². The summed E-state index contributed by atoms with van der Waals surface area (Å²) in [4.78, 5) is 37.7. The van der Waals surface area contributed by atoms with Gasteiger partial charge in [0.05, 0.1) is 0 Å². The van der Waals surface area contributed by atoms with Crippen molar-refractivity contribution in [1.29, 1.82) is 0 Å². The maximum absolute atomic E-state index is 12.3. The van der Waals surface area contributed by atoms with Gasteiger partial charge in [-0.2, -0.15) is 0 Å². The van der Waals surface area contributed by atoms with Crippen molar-refractivity contribution in [2.75, 3.05) is 18.4 Å². The molecule has 0 atom stereocenters. The molecular weight excluding hydrogens is 318 g/mol. The number of rotatable bonds is 5. The minimum atomic E-state index is -0.172. The molecule has 0 unspecified atom stereocenters. The fourth-order valence-electron chi connectivity index (χ4n) is 2.89. The molecule has 0 aliphatic carbocycles. The number of pyridine rings is 1. The van der Waals surface area contributed by atoms with Gasteiger partial charge in [0, 0.05) is 49.6 Å². The van der Waals surface area contributed by atoms with Gasteiger partial charge >= 0.3 is 0 Å². The van der Waals surface area contributed by atoms with E-state index >= 15 is 0 Å². The number of carbonyl (C=O) groups is 2. The predicted molar refractivity (Wildman–Crippen MR) is 95.5 cm³/mol. The largest absolute Gasteiger partial charge is 0.339 e. The molecule has 1 N–H and O–H groups in total. The van der Waals surface area contributed by atoms with E-state index in [2.05, 4.69) is 5.32 Å². The van der Waals surface area contributed by atoms with Crippen LogP contribution < -0.4 is 10.9 Å². The highest BCUT2D eigenvalue weighted by Gasteiger charge is 2.19. The number of amides is 2. The second-order valence-electron chi connectivity index (χ2n) is 6.11. The van der Waals surface area contributed by atoms with Crippen LogP contribution in [0.2, 0.25) is 0 Å². The molecule has 3 rings (SSSR count). The number of aryl methyl sites for hydroxylation is 1. The molecule has 0 spiro atoms. The number of benzene rings is 1. The highest BCUT2D eigenvalue weighted by Crippen LogP contribution is 2.15. The van der Waals surface area contributed by atoms with Crippen LogP contribution in [0.5, 0.6) is 0 Å². The van der Waals surface area contributed by atoms with Gasteiger partial charge in [-0.3, -0.25) is 14.4 Å². The Kier molecular flexibility index (Phi) is 5.28. The van der Waals surface area contributed by atoms with Crippen LogP contribution in [0.3, 0.4) is 0 Å². The molecule has 1 aliphatic rings. The molecule has 25 heavy (non-hydrogen) atoms. The molecule has 1 aromatic heterocycles. The lowest BCUT2D eigenvalue weighted by molar-refractivity contribution is -0.116. The Balaban J connectivity index is 1.54. The third-order valence-corrected chi connectivity index (χ3v) is 4.29. The van der Waals surface area contributed by atoms with Crippen molar-refractivity contribution >= 4 is 17.5 Å². The molecule has 0 bridgehead atoms. The van der Waals surface area contributed by atoms with Gasteiger partial charge < -0.3 is 14.8 Å². The first kappa shape index (κ1) is 17.0. The van der Waals surface area contributed by atoms with Crippen LogP contribution in [0.15, 0.2) is 53.5 Å². The average Bonchev–Trinajstić information content (AvgIpc) is 3.16. The summed E-state index contributed by atoms with van der Waals surface area (Å²) in [6.07, 6.45) is 3.99. The number of hydrogen-bond acceptors (Lipinski definition) is 3. The Bertz CT molecular complexity index is 805. The Hall–Kier alpha value is -2.89. The Morgan fingerprint density at radius 3 is 2.40 bits per heavy atom. The zero-order valence-electron chi connectivity index (χ0n) is 14.0. The number of anilines is 1. The molecule has 0 saturated carbocycles. The van der Waals surface area contributed by atoms with Crippen LogP contribution in [0.4, 0.5) is 5.69 Å². The highest BCUT2D eigenvalue weighted by atomic mass is 16.2. The fourth-order valence-corrected chi connectivity index (χ4v) is 2.89. The number of hydrogen-bond donors (Lipinski definition) is 1. The topological polar surface area (TPSA) is 71.4 Å². The van der Waals surface area contributed by atoms with Crippen LogP contribution in [0.1, 0.15) is 29.6 Å². The Morgan fingerprint density at radius 1 is 1.00 bits per heavy atom. The summed E-state index contributed by atoms with van der Waals surface area (Å²) in [5.74, 6) is -0.131. The predicted octanol–water partition coefficient (Wildman–Crippen LogP) is 2.11. The molecule has 1 fully saturated rings. The zero-order chi connectivity index (χ0) is 17.6. The van der Waals surface area contributed by atoms with E-state index in [0.29, 0.717) is 17.8 Å². The molecule has 0 radical (unpaired) electrons. The summed E-state index contributed by atoms with van der Waals surface area (Å²) in [7, 11) is 0. The minimum Gasteiger partial charge on any atom is -0.339 e. The Morgan fingerprint density at radius 2 is 1.72 bits per heavy atom. The van der Waals surface area contributed by atoms with Crippen molar-refractivity contribution in [2.45, 2.75) is 25.8 Å². The summed E-state index contributed by atoms with van der Waals surface area (Å²) in [6, 6.07) is 11.8. The zero-order valence-corrected chi connectivity index (χ0v) is 14.0. The van der Waals surface area contributed by atoms with E-state index < -0.39 is 0 Å². The molecule has 1 aromatic carbocycles. The summed E-state index contributed by atoms with van der Waals surface area (Å²) >= 11 is 0. The van der Waals surface area contributed by atoms with E-state index in [4.69, 9.17) is 0 Å². The van der Waals surface area contributed by atoms with Gasteiger partial charge in [0.25, 0.3) is 11.5 Å². The van der Waals surface area contributed by atoms with Crippen molar-refractivity contribution < 1.29 is 9.59 Å². The summed E-state index contributed by atoms with van der Waals surface area (Å²) in [6.45, 7) is 1.96. The van der Waals surface area contributed by atoms with Crippen LogP contribution in [0, 0.1) is 0 Å². The molecule has 2 amide bonds. The van der Waals surface area contributed by atoms with Crippen molar-refractivity contribution in [2.24, 2.45) is 0 Å². The lowest BCUT2D eigenvalue weighted by Gasteiger charge is -2.15. The monoisotopic (exact) mass is 339 g/mol. The molecule has 130 valence electrons. The molecular formula is C19H21N3O3. The first-order valence-electron chi connectivity index (χ1n) is 8.48. The van der Waals surface area contributed by atoms with Crippen LogP contribution in [-0.2, 0) is 11.3 Å². The molecule has 1 aliphatic heterocycles. The summed E-state index contributed by atoms with van der Waals surface area (Å²) in [5.41, 5.74) is 1.15. The van der Waals surface area contributed by atoms with Gasteiger partial charge in [-0.15, -0.1) is 0 Å². The van der Waals surface area contributed by atoms with E-state index in [1.165, 1.54) is 10.6 Å². The maximum atomic E-state index is 12.3. The van der Waals surface area contributed by atoms with Gasteiger partial charge in [-0.05, 0) is 43.2 Å². The van der Waals surface area contributed by atoms with Crippen LogP contribution >= 0.6 is 0 Å². The van der Waals surface area contributed by atoms with E-state index in [1.54, 1.807) is 42.6 Å². The third kappa shape index (κ3) is 4.35. The van der Waals surface area contributed by atoms with Gasteiger partial charge in [-0.1, -0.05) is 6.07 Å². The van der Waals surface area contributed by atoms with Crippen LogP contribution in [-0.4, -0.2) is 34.4 Å². The summed E-state index contributed by atoms with van der Waals surface area (Å²) < 4.78 is 1.50. The van der Waals surface area contributed by atoms with E-state index in [0.717, 1.165) is 25.9 Å². The smallest absolute Gasteiger partial charge is 0.253 e. The lowest BCUT2D eigenvalue weighted by Crippen LogP contribution is -2.27. The number of likely N-dealkylation sites (tertiary alicyclic amines) is 1. The molecule has 6 nitrogen and oxygen atoms in total. The first-order valence-corrected chi connectivity index (χ1v) is 8.48. The summed E-state index contributed by atoms with van der Waals surface area (Å²) in [5, 5.41) is 2.79. The average molecular weight is 339 g/mol. The number of carbonyl (C=O) groups excluding carboxylic acids is 2. The number of nitrogens with one attached hydrogen (secondary N) is 1.